The van der Waals surface area contributed by atoms with Gasteiger partial charge in [0, 0.05) is 24.4 Å². The molecule has 177 valence electrons. The molecule has 0 radical (unpaired) electrons. The Morgan fingerprint density at radius 1 is 1.39 bits per heavy atom. The number of thiophene rings is 1. The van der Waals surface area contributed by atoms with Gasteiger partial charge in [0.1, 0.15) is 0 Å². The Kier molecular flexibility index (Phi) is 11.6. The van der Waals surface area contributed by atoms with Crippen molar-refractivity contribution < 1.29 is 31.9 Å². The molecule has 2 N–H and O–H groups in total. The third-order valence-corrected chi connectivity index (χ3v) is 5.48. The molecular weight excluding hydrogens is 643 g/mol. The third kappa shape index (κ3) is 7.39. The van der Waals surface area contributed by atoms with Gasteiger partial charge in [-0.05, 0) is 31.1 Å². The number of aromatic nitrogens is 3. The second-order valence-electron chi connectivity index (χ2n) is 6.53. The fraction of sp³-hybridized carbons (Fsp3) is 0.227. The minimum atomic E-state index is 0.361. The number of ether oxygens (including phenoxy) is 1. The van der Waals surface area contributed by atoms with Gasteiger partial charge in [0.2, 0.25) is 0 Å². The van der Waals surface area contributed by atoms with Crippen molar-refractivity contribution >= 4 is 51.6 Å². The maximum absolute atomic E-state index is 10.9. The van der Waals surface area contributed by atoms with Crippen LogP contribution in [0.1, 0.15) is 15.4 Å². The Labute approximate surface area is 211 Å². The average molecular weight is 666 g/mol. The zero-order chi connectivity index (χ0) is 24.2. The van der Waals surface area contributed by atoms with Crippen LogP contribution in [0.2, 0.25) is 5.02 Å². The number of methoxy groups -OCH3 is 1. The molecule has 1 aromatic carbocycles. The van der Waals surface area contributed by atoms with Crippen molar-refractivity contribution in [2.24, 2.45) is 0 Å². The molecule has 0 fully saturated rings. The molecule has 0 aliphatic carbocycles. The van der Waals surface area contributed by atoms with E-state index in [1.165, 1.54) is 11.3 Å². The van der Waals surface area contributed by atoms with E-state index < -0.39 is 0 Å². The summed E-state index contributed by atoms with van der Waals surface area (Å²) in [6.07, 6.45) is 2.59. The maximum atomic E-state index is 10.9. The first kappa shape index (κ1) is 27.0. The average Bonchev–Trinajstić information content (AvgIpc) is 3.47. The van der Waals surface area contributed by atoms with Crippen molar-refractivity contribution in [1.29, 1.82) is 0 Å². The van der Waals surface area contributed by atoms with E-state index in [1.807, 2.05) is 31.5 Å². The van der Waals surface area contributed by atoms with Gasteiger partial charge in [-0.15, -0.1) is 11.3 Å². The normalized spacial score (nSPS) is 10.1. The number of nitrogens with zero attached hydrogens (tertiary/aromatic N) is 3. The van der Waals surface area contributed by atoms with Gasteiger partial charge in [-0.2, -0.15) is 41.0 Å². The summed E-state index contributed by atoms with van der Waals surface area (Å²) in [6, 6.07) is 12.3. The van der Waals surface area contributed by atoms with Gasteiger partial charge in [0.05, 0.1) is 34.7 Å². The molecule has 0 spiro atoms. The van der Waals surface area contributed by atoms with Crippen LogP contribution >= 0.6 is 22.9 Å². The van der Waals surface area contributed by atoms with Crippen LogP contribution in [0.3, 0.4) is 0 Å². The van der Waals surface area contributed by atoms with Crippen molar-refractivity contribution in [2.45, 2.75) is 6.92 Å². The minimum absolute atomic E-state index is 0.361. The van der Waals surface area contributed by atoms with Gasteiger partial charge in [-0.25, -0.2) is 9.67 Å². The fourth-order valence-electron chi connectivity index (χ4n) is 2.73. The number of pyridine rings is 1. The van der Waals surface area contributed by atoms with E-state index in [4.69, 9.17) is 16.3 Å². The molecule has 7 nitrogen and oxygen atoms in total. The van der Waals surface area contributed by atoms with Crippen LogP contribution < -0.4 is 10.6 Å². The van der Waals surface area contributed by atoms with E-state index in [-0.39, 0.29) is 0 Å². The molecule has 0 saturated carbocycles. The zero-order valence-electron chi connectivity index (χ0n) is 18.2. The van der Waals surface area contributed by atoms with Crippen molar-refractivity contribution in [2.75, 3.05) is 32.6 Å². The number of carbonyl (C=O) groups is 1. The second-order valence-corrected chi connectivity index (χ2v) is 7.88. The molecule has 4 rings (SSSR count). The molecule has 0 saturated heterocycles. The number of likely N-dealkylation sites (N-methyl/N-ethyl adjacent to an activating group) is 1. The van der Waals surface area contributed by atoms with E-state index in [1.54, 1.807) is 36.2 Å². The Morgan fingerprint density at radius 3 is 2.79 bits per heavy atom. The molecule has 0 aliphatic heterocycles. The first-order valence-electron chi connectivity index (χ1n) is 9.67. The molecule has 4 aromatic rings. The van der Waals surface area contributed by atoms with Crippen molar-refractivity contribution in [3.63, 3.8) is 0 Å². The summed E-state index contributed by atoms with van der Waals surface area (Å²) in [5.41, 5.74) is 3.92. The monoisotopic (exact) mass is 667 g/mol. The molecule has 3 heterocycles. The SMILES string of the molecule is CNCCOC.Cc1nc2c(cnn2-c2csc(C=O)c2)cc1Nc1[c-]cccc1Cl.[F][Os]. The molecule has 0 amide bonds. The van der Waals surface area contributed by atoms with Crippen molar-refractivity contribution in [1.82, 2.24) is 20.1 Å². The summed E-state index contributed by atoms with van der Waals surface area (Å²) in [4.78, 5) is 16.2. The first-order valence-corrected chi connectivity index (χ1v) is 11.9. The number of benzene rings is 1. The number of hydrogen-bond acceptors (Lipinski definition) is 7. The number of rotatable bonds is 7. The van der Waals surface area contributed by atoms with Crippen molar-refractivity contribution in [3.05, 3.63) is 63.6 Å². The van der Waals surface area contributed by atoms with E-state index in [9.17, 15) is 8.08 Å². The molecule has 3 aromatic heterocycles. The predicted octanol–water partition coefficient (Wildman–Crippen LogP) is 5.07. The van der Waals surface area contributed by atoms with Gasteiger partial charge in [-0.3, -0.25) is 4.79 Å². The van der Waals surface area contributed by atoms with Crippen LogP contribution in [-0.4, -0.2) is 48.4 Å². The van der Waals surface area contributed by atoms with Crippen LogP contribution in [0.15, 0.2) is 41.9 Å². The Balaban J connectivity index is 0.000000421. The van der Waals surface area contributed by atoms with Gasteiger partial charge < -0.3 is 15.4 Å². The molecule has 0 atom stereocenters. The summed E-state index contributed by atoms with van der Waals surface area (Å²) in [5, 5.41) is 14.0. The van der Waals surface area contributed by atoms with Crippen LogP contribution in [0.4, 0.5) is 14.7 Å². The van der Waals surface area contributed by atoms with E-state index >= 15 is 0 Å². The summed E-state index contributed by atoms with van der Waals surface area (Å²) < 4.78 is 16.0. The van der Waals surface area contributed by atoms with Crippen LogP contribution in [0.25, 0.3) is 16.7 Å². The molecular formula is C22H23ClFN5O2OsS-. The summed E-state index contributed by atoms with van der Waals surface area (Å²) in [6.45, 7) is 3.66. The molecule has 0 bridgehead atoms. The van der Waals surface area contributed by atoms with Crippen LogP contribution in [0, 0.1) is 13.0 Å². The second kappa shape index (κ2) is 14.1. The quantitative estimate of drug-likeness (QED) is 0.163. The Hall–Kier alpha value is -2.21. The summed E-state index contributed by atoms with van der Waals surface area (Å²) >= 11 is 7.93. The topological polar surface area (TPSA) is 81.1 Å². The summed E-state index contributed by atoms with van der Waals surface area (Å²) in [7, 11) is 3.59. The standard InChI is InChI=1S/C18H12ClN4OS.C4H11NO.FH.Os/c1-11-17(22-16-5-3-2-4-15(16)19)6-12-8-20-23(18(12)21-11)13-7-14(9-24)25-10-13;1-5-3-4-6-2;;/h2-4,6-10,22H,1H3;5H,3-4H2,1-2H3;1H;/q-1;;;+1/p-1. The van der Waals surface area contributed by atoms with E-state index in [0.29, 0.717) is 34.7 Å². The summed E-state index contributed by atoms with van der Waals surface area (Å²) in [5.74, 6) is 0. The number of carbonyl (C=O) groups excluding carboxylic acids is 1. The molecule has 0 aliphatic rings. The number of fused-ring (bicyclic) bond motifs is 1. The van der Waals surface area contributed by atoms with Gasteiger partial charge >= 0.3 is 22.4 Å². The molecule has 0 unspecified atom stereocenters. The van der Waals surface area contributed by atoms with Crippen LogP contribution in [-0.2, 0) is 23.8 Å². The van der Waals surface area contributed by atoms with Gasteiger partial charge in [0.15, 0.2) is 11.9 Å². The third-order valence-electron chi connectivity index (χ3n) is 4.32. The van der Waals surface area contributed by atoms with Crippen LogP contribution in [0.5, 0.6) is 0 Å². The molecule has 11 heteroatoms. The van der Waals surface area contributed by atoms with Gasteiger partial charge in [-0.1, -0.05) is 5.69 Å². The fourth-order valence-corrected chi connectivity index (χ4v) is 3.57. The number of aldehydes is 1. The van der Waals surface area contributed by atoms with E-state index in [2.05, 4.69) is 26.8 Å². The number of aryl methyl sites for hydroxylation is 1. The number of nitrogens with one attached hydrogen (secondary N) is 2. The molecule has 33 heavy (non-hydrogen) atoms. The van der Waals surface area contributed by atoms with Gasteiger partial charge in [0.25, 0.3) is 0 Å². The predicted molar refractivity (Wildman–Crippen MR) is 127 cm³/mol. The Morgan fingerprint density at radius 2 is 2.18 bits per heavy atom. The Bertz CT molecular complexity index is 1170. The van der Waals surface area contributed by atoms with E-state index in [0.717, 1.165) is 47.5 Å². The first-order chi connectivity index (χ1) is 16.1. The zero-order valence-corrected chi connectivity index (χ0v) is 22.3. The number of halogens is 2. The number of para-hydroxylation sites is 1. The number of hydrogen-bond donors (Lipinski definition) is 2. The number of anilines is 2. The van der Waals surface area contributed by atoms with Crippen molar-refractivity contribution in [3.8, 4) is 5.69 Å².